The molecule has 0 aliphatic heterocycles. The molecule has 0 heterocycles. The molecule has 3 nitrogen and oxygen atoms in total. The number of carboxylic acids is 1. The standard InChI is InChI=1S/C9H11NO2S.C3H8/c1-10(2)13-8-5-3-4-7(6-8)9(11)12;1-3-2/h3-6H,1-2H3,(H,11,12);3H2,1-2H3. The van der Waals surface area contributed by atoms with Gasteiger partial charge in [-0.1, -0.05) is 26.3 Å². The molecule has 1 rings (SSSR count). The van der Waals surface area contributed by atoms with Crippen LogP contribution in [0.15, 0.2) is 29.2 Å². The van der Waals surface area contributed by atoms with Gasteiger partial charge in [-0.05, 0) is 44.2 Å². The third-order valence-corrected chi connectivity index (χ3v) is 2.20. The van der Waals surface area contributed by atoms with Crippen molar-refractivity contribution < 1.29 is 9.90 Å². The van der Waals surface area contributed by atoms with Gasteiger partial charge in [-0.15, -0.1) is 0 Å². The molecule has 90 valence electrons. The minimum absolute atomic E-state index is 0.326. The first kappa shape index (κ1) is 15.0. The molecular formula is C12H19NO2S. The third-order valence-electron chi connectivity index (χ3n) is 1.37. The van der Waals surface area contributed by atoms with Gasteiger partial charge in [0.2, 0.25) is 0 Å². The molecule has 1 N–H and O–H groups in total. The predicted octanol–water partition coefficient (Wildman–Crippen LogP) is 3.37. The van der Waals surface area contributed by atoms with E-state index in [4.69, 9.17) is 5.11 Å². The van der Waals surface area contributed by atoms with Crippen molar-refractivity contribution in [1.29, 1.82) is 0 Å². The third kappa shape index (κ3) is 6.48. The van der Waals surface area contributed by atoms with Gasteiger partial charge < -0.3 is 5.11 Å². The lowest BCUT2D eigenvalue weighted by Crippen LogP contribution is -2.00. The summed E-state index contributed by atoms with van der Waals surface area (Å²) in [5.41, 5.74) is 0.326. The molecule has 0 aliphatic rings. The molecule has 0 saturated heterocycles. The zero-order valence-corrected chi connectivity index (χ0v) is 11.0. The summed E-state index contributed by atoms with van der Waals surface area (Å²) in [7, 11) is 3.83. The van der Waals surface area contributed by atoms with E-state index in [0.29, 0.717) is 5.56 Å². The fourth-order valence-electron chi connectivity index (χ4n) is 0.897. The average molecular weight is 241 g/mol. The van der Waals surface area contributed by atoms with Crippen molar-refractivity contribution in [3.05, 3.63) is 29.8 Å². The Labute approximate surface area is 102 Å². The Balaban J connectivity index is 0.000000673. The molecule has 4 heteroatoms. The van der Waals surface area contributed by atoms with Crippen LogP contribution in [0.1, 0.15) is 30.6 Å². The summed E-state index contributed by atoms with van der Waals surface area (Å²) in [6.07, 6.45) is 1.25. The van der Waals surface area contributed by atoms with Crippen molar-refractivity contribution in [2.75, 3.05) is 14.1 Å². The van der Waals surface area contributed by atoms with Gasteiger partial charge in [0.15, 0.2) is 0 Å². The molecule has 0 spiro atoms. The Kier molecular flexibility index (Phi) is 7.68. The number of carbonyl (C=O) groups is 1. The Morgan fingerprint density at radius 3 is 2.38 bits per heavy atom. The van der Waals surface area contributed by atoms with E-state index in [1.807, 2.05) is 24.5 Å². The second-order valence-corrected chi connectivity index (χ2v) is 4.83. The van der Waals surface area contributed by atoms with E-state index in [-0.39, 0.29) is 0 Å². The molecule has 0 aliphatic carbocycles. The van der Waals surface area contributed by atoms with Crippen molar-refractivity contribution in [2.45, 2.75) is 25.2 Å². The van der Waals surface area contributed by atoms with Crippen LogP contribution < -0.4 is 0 Å². The molecule has 1 aromatic rings. The summed E-state index contributed by atoms with van der Waals surface area (Å²) in [6, 6.07) is 6.88. The Bertz CT molecular complexity index is 327. The Morgan fingerprint density at radius 1 is 1.38 bits per heavy atom. The average Bonchev–Trinajstić information content (AvgIpc) is 2.18. The maximum atomic E-state index is 10.6. The number of hydrogen-bond acceptors (Lipinski definition) is 3. The fourth-order valence-corrected chi connectivity index (χ4v) is 1.64. The number of hydrogen-bond donors (Lipinski definition) is 1. The molecule has 0 aromatic heterocycles. The summed E-state index contributed by atoms with van der Waals surface area (Å²) < 4.78 is 1.92. The second kappa shape index (κ2) is 8.19. The Morgan fingerprint density at radius 2 is 1.94 bits per heavy atom. The van der Waals surface area contributed by atoms with Crippen LogP contribution in [-0.4, -0.2) is 29.5 Å². The van der Waals surface area contributed by atoms with E-state index in [0.717, 1.165) is 4.90 Å². The second-order valence-electron chi connectivity index (χ2n) is 3.44. The number of nitrogens with zero attached hydrogens (tertiary/aromatic N) is 1. The summed E-state index contributed by atoms with van der Waals surface area (Å²) in [6.45, 7) is 4.25. The van der Waals surface area contributed by atoms with Crippen LogP contribution >= 0.6 is 11.9 Å². The number of rotatable bonds is 3. The highest BCUT2D eigenvalue weighted by atomic mass is 32.2. The predicted molar refractivity (Wildman–Crippen MR) is 68.9 cm³/mol. The first-order valence-electron chi connectivity index (χ1n) is 5.19. The lowest BCUT2D eigenvalue weighted by atomic mass is 10.2. The molecule has 0 amide bonds. The molecule has 16 heavy (non-hydrogen) atoms. The zero-order valence-electron chi connectivity index (χ0n) is 10.2. The van der Waals surface area contributed by atoms with E-state index in [2.05, 4.69) is 13.8 Å². The highest BCUT2D eigenvalue weighted by Crippen LogP contribution is 2.20. The maximum Gasteiger partial charge on any atom is 0.335 e. The largest absolute Gasteiger partial charge is 0.478 e. The molecule has 0 saturated carbocycles. The van der Waals surface area contributed by atoms with Crippen molar-refractivity contribution in [1.82, 2.24) is 4.31 Å². The van der Waals surface area contributed by atoms with Crippen LogP contribution in [0.2, 0.25) is 0 Å². The smallest absolute Gasteiger partial charge is 0.335 e. The van der Waals surface area contributed by atoms with Gasteiger partial charge in [0.05, 0.1) is 5.56 Å². The minimum Gasteiger partial charge on any atom is -0.478 e. The van der Waals surface area contributed by atoms with Gasteiger partial charge in [-0.2, -0.15) is 0 Å². The van der Waals surface area contributed by atoms with Crippen molar-refractivity contribution in [3.8, 4) is 0 Å². The first-order chi connectivity index (χ1) is 7.51. The summed E-state index contributed by atoms with van der Waals surface area (Å²) in [5.74, 6) is -0.888. The molecule has 0 unspecified atom stereocenters. The highest BCUT2D eigenvalue weighted by Gasteiger charge is 2.03. The van der Waals surface area contributed by atoms with Gasteiger partial charge in [0, 0.05) is 4.90 Å². The maximum absolute atomic E-state index is 10.6. The molecule has 0 fully saturated rings. The van der Waals surface area contributed by atoms with Crippen LogP contribution in [0.4, 0.5) is 0 Å². The van der Waals surface area contributed by atoms with E-state index >= 15 is 0 Å². The van der Waals surface area contributed by atoms with E-state index < -0.39 is 5.97 Å². The lowest BCUT2D eigenvalue weighted by molar-refractivity contribution is 0.0696. The summed E-state index contributed by atoms with van der Waals surface area (Å²) in [4.78, 5) is 11.6. The van der Waals surface area contributed by atoms with Crippen molar-refractivity contribution in [3.63, 3.8) is 0 Å². The Hall–Kier alpha value is -1.00. The van der Waals surface area contributed by atoms with E-state index in [9.17, 15) is 4.79 Å². The fraction of sp³-hybridized carbons (Fsp3) is 0.417. The van der Waals surface area contributed by atoms with Crippen LogP contribution in [-0.2, 0) is 0 Å². The zero-order chi connectivity index (χ0) is 12.6. The van der Waals surface area contributed by atoms with Crippen LogP contribution in [0, 0.1) is 0 Å². The quantitative estimate of drug-likeness (QED) is 0.824. The highest BCUT2D eigenvalue weighted by molar-refractivity contribution is 7.97. The lowest BCUT2D eigenvalue weighted by Gasteiger charge is -2.08. The molecular weight excluding hydrogens is 222 g/mol. The monoisotopic (exact) mass is 241 g/mol. The number of carboxylic acid groups (broad SMARTS) is 1. The van der Waals surface area contributed by atoms with Gasteiger partial charge in [-0.3, -0.25) is 4.31 Å². The first-order valence-corrected chi connectivity index (χ1v) is 5.97. The molecule has 0 bridgehead atoms. The van der Waals surface area contributed by atoms with Gasteiger partial charge in [0.1, 0.15) is 0 Å². The van der Waals surface area contributed by atoms with Crippen LogP contribution in [0.3, 0.4) is 0 Å². The normalized spacial score (nSPS) is 9.56. The minimum atomic E-state index is -0.888. The molecule has 0 atom stereocenters. The van der Waals surface area contributed by atoms with E-state index in [1.54, 1.807) is 18.2 Å². The van der Waals surface area contributed by atoms with Gasteiger partial charge in [-0.25, -0.2) is 4.79 Å². The molecule has 1 aromatic carbocycles. The van der Waals surface area contributed by atoms with Gasteiger partial charge in [0.25, 0.3) is 0 Å². The molecule has 0 radical (unpaired) electrons. The van der Waals surface area contributed by atoms with Crippen LogP contribution in [0.5, 0.6) is 0 Å². The SMILES string of the molecule is CCC.CN(C)Sc1cccc(C(=O)O)c1. The van der Waals surface area contributed by atoms with Crippen molar-refractivity contribution in [2.24, 2.45) is 0 Å². The number of benzene rings is 1. The topological polar surface area (TPSA) is 40.5 Å². The van der Waals surface area contributed by atoms with E-state index in [1.165, 1.54) is 18.4 Å². The van der Waals surface area contributed by atoms with Gasteiger partial charge >= 0.3 is 5.97 Å². The summed E-state index contributed by atoms with van der Waals surface area (Å²) >= 11 is 1.50. The summed E-state index contributed by atoms with van der Waals surface area (Å²) in [5, 5.41) is 8.72. The van der Waals surface area contributed by atoms with Crippen LogP contribution in [0.25, 0.3) is 0 Å². The number of aromatic carboxylic acids is 1. The van der Waals surface area contributed by atoms with Crippen molar-refractivity contribution >= 4 is 17.9 Å².